The summed E-state index contributed by atoms with van der Waals surface area (Å²) in [5.74, 6) is -1.15. The maximum atomic E-state index is 12.3. The third kappa shape index (κ3) is 4.66. The second-order valence-corrected chi connectivity index (χ2v) is 6.94. The van der Waals surface area contributed by atoms with Crippen LogP contribution < -0.4 is 15.4 Å². The van der Waals surface area contributed by atoms with Crippen molar-refractivity contribution in [2.45, 2.75) is 6.04 Å². The van der Waals surface area contributed by atoms with Gasteiger partial charge in [0.15, 0.2) is 0 Å². The molecule has 0 fully saturated rings. The number of carbonyl (C=O) groups is 2. The van der Waals surface area contributed by atoms with Crippen molar-refractivity contribution >= 4 is 40.4 Å². The third-order valence-corrected chi connectivity index (χ3v) is 5.00. The first-order valence-corrected chi connectivity index (χ1v) is 9.29. The van der Waals surface area contributed by atoms with Crippen LogP contribution in [-0.2, 0) is 9.59 Å². The normalized spacial score (nSPS) is 11.6. The van der Waals surface area contributed by atoms with E-state index in [2.05, 4.69) is 15.7 Å². The number of amides is 2. The van der Waals surface area contributed by atoms with Gasteiger partial charge in [0.25, 0.3) is 0 Å². The number of benzene rings is 1. The van der Waals surface area contributed by atoms with Gasteiger partial charge in [-0.25, -0.2) is 0 Å². The molecule has 140 valence electrons. The van der Waals surface area contributed by atoms with Gasteiger partial charge in [0.05, 0.1) is 12.8 Å². The van der Waals surface area contributed by atoms with Crippen molar-refractivity contribution in [3.05, 3.63) is 64.1 Å². The number of hydrogen-bond acceptors (Lipinski definition) is 5. The van der Waals surface area contributed by atoms with Crippen LogP contribution in [0.5, 0.6) is 5.75 Å². The van der Waals surface area contributed by atoms with E-state index in [1.165, 1.54) is 13.2 Å². The number of ether oxygens (including phenoxy) is 1. The number of aromatic nitrogens is 2. The summed E-state index contributed by atoms with van der Waals surface area (Å²) in [6.45, 7) is 0.223. The number of thiophene rings is 1. The van der Waals surface area contributed by atoms with E-state index in [1.54, 1.807) is 40.4 Å². The van der Waals surface area contributed by atoms with E-state index in [1.807, 2.05) is 23.7 Å². The Balaban J connectivity index is 1.66. The van der Waals surface area contributed by atoms with Gasteiger partial charge in [0.1, 0.15) is 11.8 Å². The number of halogens is 1. The molecule has 7 nitrogen and oxygen atoms in total. The van der Waals surface area contributed by atoms with E-state index in [-0.39, 0.29) is 12.6 Å². The van der Waals surface area contributed by atoms with E-state index in [0.717, 1.165) is 4.88 Å². The molecule has 0 aliphatic heterocycles. The third-order valence-electron chi connectivity index (χ3n) is 3.79. The van der Waals surface area contributed by atoms with Gasteiger partial charge in [-0.15, -0.1) is 11.3 Å². The molecule has 0 saturated carbocycles. The molecule has 0 bridgehead atoms. The highest BCUT2D eigenvalue weighted by Crippen LogP contribution is 2.27. The first-order chi connectivity index (χ1) is 13.1. The van der Waals surface area contributed by atoms with Crippen LogP contribution in [0.2, 0.25) is 5.02 Å². The Kier molecular flexibility index (Phi) is 6.10. The Morgan fingerprint density at radius 2 is 2.15 bits per heavy atom. The van der Waals surface area contributed by atoms with Gasteiger partial charge in [0, 0.05) is 28.8 Å². The fraction of sp³-hybridized carbons (Fsp3) is 0.167. The molecule has 1 unspecified atom stereocenters. The summed E-state index contributed by atoms with van der Waals surface area (Å²) >= 11 is 7.49. The predicted octanol–water partition coefficient (Wildman–Crippen LogP) is 2.95. The SMILES string of the molecule is COc1ccc(Cl)cc1NC(=O)C(=O)NCC(c1cccs1)n1cccn1. The summed E-state index contributed by atoms with van der Waals surface area (Å²) in [5, 5.41) is 11.8. The van der Waals surface area contributed by atoms with Gasteiger partial charge in [-0.3, -0.25) is 14.3 Å². The second-order valence-electron chi connectivity index (χ2n) is 5.53. The van der Waals surface area contributed by atoms with Crippen LogP contribution >= 0.6 is 22.9 Å². The highest BCUT2D eigenvalue weighted by Gasteiger charge is 2.20. The zero-order chi connectivity index (χ0) is 19.2. The van der Waals surface area contributed by atoms with E-state index in [0.29, 0.717) is 16.5 Å². The summed E-state index contributed by atoms with van der Waals surface area (Å²) < 4.78 is 6.90. The molecule has 27 heavy (non-hydrogen) atoms. The number of rotatable bonds is 6. The topological polar surface area (TPSA) is 85.2 Å². The van der Waals surface area contributed by atoms with Crippen LogP contribution in [0.25, 0.3) is 0 Å². The Morgan fingerprint density at radius 3 is 2.81 bits per heavy atom. The molecular formula is C18H17ClN4O3S. The summed E-state index contributed by atoms with van der Waals surface area (Å²) in [6, 6.07) is 10.3. The van der Waals surface area contributed by atoms with E-state index < -0.39 is 11.8 Å². The number of carbonyl (C=O) groups excluding carboxylic acids is 2. The molecule has 3 rings (SSSR count). The van der Waals surface area contributed by atoms with Gasteiger partial charge in [-0.05, 0) is 35.7 Å². The van der Waals surface area contributed by atoms with Crippen molar-refractivity contribution in [3.63, 3.8) is 0 Å². The van der Waals surface area contributed by atoms with Crippen LogP contribution in [0.4, 0.5) is 5.69 Å². The van der Waals surface area contributed by atoms with Gasteiger partial charge in [-0.2, -0.15) is 5.10 Å². The highest BCUT2D eigenvalue weighted by atomic mass is 35.5. The zero-order valence-electron chi connectivity index (χ0n) is 14.4. The molecule has 0 saturated heterocycles. The van der Waals surface area contributed by atoms with Crippen molar-refractivity contribution < 1.29 is 14.3 Å². The lowest BCUT2D eigenvalue weighted by Gasteiger charge is -2.17. The zero-order valence-corrected chi connectivity index (χ0v) is 16.0. The monoisotopic (exact) mass is 404 g/mol. The molecule has 1 atom stereocenters. The summed E-state index contributed by atoms with van der Waals surface area (Å²) in [6.07, 6.45) is 3.48. The van der Waals surface area contributed by atoms with Crippen molar-refractivity contribution in [1.29, 1.82) is 0 Å². The minimum atomic E-state index is -0.805. The average Bonchev–Trinajstić information content (AvgIpc) is 3.36. The smallest absolute Gasteiger partial charge is 0.313 e. The molecule has 0 aliphatic carbocycles. The Labute approximate surface area is 164 Å². The minimum absolute atomic E-state index is 0.197. The van der Waals surface area contributed by atoms with Crippen LogP contribution in [-0.4, -0.2) is 35.2 Å². The minimum Gasteiger partial charge on any atom is -0.495 e. The number of nitrogens with zero attached hydrogens (tertiary/aromatic N) is 2. The van der Waals surface area contributed by atoms with Gasteiger partial charge >= 0.3 is 11.8 Å². The summed E-state index contributed by atoms with van der Waals surface area (Å²) in [4.78, 5) is 25.5. The number of anilines is 1. The Morgan fingerprint density at radius 1 is 1.30 bits per heavy atom. The lowest BCUT2D eigenvalue weighted by atomic mass is 10.2. The first kappa shape index (κ1) is 18.9. The lowest BCUT2D eigenvalue weighted by molar-refractivity contribution is -0.136. The maximum absolute atomic E-state index is 12.3. The molecule has 3 aromatic rings. The molecular weight excluding hydrogens is 388 g/mol. The first-order valence-electron chi connectivity index (χ1n) is 8.03. The molecule has 9 heteroatoms. The fourth-order valence-corrected chi connectivity index (χ4v) is 3.49. The average molecular weight is 405 g/mol. The fourth-order valence-electron chi connectivity index (χ4n) is 2.50. The molecule has 0 aliphatic rings. The standard InChI is InChI=1S/C18H17ClN4O3S/c1-26-15-6-5-12(19)10-13(15)22-18(25)17(24)20-11-14(16-4-2-9-27-16)23-8-3-7-21-23/h2-10,14H,11H2,1H3,(H,20,24)(H,22,25). The van der Waals surface area contributed by atoms with E-state index in [9.17, 15) is 9.59 Å². The number of methoxy groups -OCH3 is 1. The highest BCUT2D eigenvalue weighted by molar-refractivity contribution is 7.10. The van der Waals surface area contributed by atoms with E-state index in [4.69, 9.17) is 16.3 Å². The number of nitrogens with one attached hydrogen (secondary N) is 2. The van der Waals surface area contributed by atoms with Gasteiger partial charge in [0.2, 0.25) is 0 Å². The lowest BCUT2D eigenvalue weighted by Crippen LogP contribution is -2.38. The quantitative estimate of drug-likeness (QED) is 0.618. The van der Waals surface area contributed by atoms with Crippen LogP contribution in [0.1, 0.15) is 10.9 Å². The molecule has 0 radical (unpaired) electrons. The van der Waals surface area contributed by atoms with Crippen molar-refractivity contribution in [2.24, 2.45) is 0 Å². The van der Waals surface area contributed by atoms with Crippen LogP contribution in [0.15, 0.2) is 54.2 Å². The van der Waals surface area contributed by atoms with Crippen molar-refractivity contribution in [3.8, 4) is 5.75 Å². The molecule has 0 spiro atoms. The molecule has 2 heterocycles. The van der Waals surface area contributed by atoms with E-state index >= 15 is 0 Å². The molecule has 2 aromatic heterocycles. The largest absolute Gasteiger partial charge is 0.495 e. The number of hydrogen-bond donors (Lipinski definition) is 2. The molecule has 2 amide bonds. The van der Waals surface area contributed by atoms with Crippen LogP contribution in [0.3, 0.4) is 0 Å². The second kappa shape index (κ2) is 8.70. The predicted molar refractivity (Wildman–Crippen MR) is 104 cm³/mol. The molecule has 2 N–H and O–H groups in total. The molecule has 1 aromatic carbocycles. The van der Waals surface area contributed by atoms with Crippen molar-refractivity contribution in [1.82, 2.24) is 15.1 Å². The Hall–Kier alpha value is -2.84. The van der Waals surface area contributed by atoms with Crippen molar-refractivity contribution in [2.75, 3.05) is 19.0 Å². The van der Waals surface area contributed by atoms with Gasteiger partial charge in [-0.1, -0.05) is 17.7 Å². The Bertz CT molecular complexity index is 879. The maximum Gasteiger partial charge on any atom is 0.313 e. The summed E-state index contributed by atoms with van der Waals surface area (Å²) in [7, 11) is 1.47. The summed E-state index contributed by atoms with van der Waals surface area (Å²) in [5.41, 5.74) is 0.326. The van der Waals surface area contributed by atoms with Gasteiger partial charge < -0.3 is 15.4 Å². The van der Waals surface area contributed by atoms with Crippen LogP contribution in [0, 0.1) is 0 Å².